The minimum absolute atomic E-state index is 0.391. The Hall–Kier alpha value is -1.31. The number of likely N-dealkylation sites (N-methyl/N-ethyl adjacent to an activating group) is 1. The van der Waals surface area contributed by atoms with Gasteiger partial charge in [0.15, 0.2) is 0 Å². The van der Waals surface area contributed by atoms with Crippen LogP contribution < -0.4 is 10.2 Å². The molecular formula is C12H15ClN4. The lowest BCUT2D eigenvalue weighted by Crippen LogP contribution is -2.44. The average molecular weight is 251 g/mol. The van der Waals surface area contributed by atoms with Crippen LogP contribution in [0.5, 0.6) is 0 Å². The molecule has 1 saturated heterocycles. The predicted molar refractivity (Wildman–Crippen MR) is 68.3 cm³/mol. The van der Waals surface area contributed by atoms with Crippen LogP contribution in [-0.2, 0) is 0 Å². The second-order valence-corrected chi connectivity index (χ2v) is 4.60. The lowest BCUT2D eigenvalue weighted by molar-refractivity contribution is 0.443. The third kappa shape index (κ3) is 2.51. The van der Waals surface area contributed by atoms with Gasteiger partial charge in [-0.15, -0.1) is 0 Å². The van der Waals surface area contributed by atoms with Crippen molar-refractivity contribution in [2.45, 2.75) is 18.9 Å². The van der Waals surface area contributed by atoms with Gasteiger partial charge in [0.25, 0.3) is 0 Å². The summed E-state index contributed by atoms with van der Waals surface area (Å²) >= 11 is 6.18. The topological polar surface area (TPSA) is 52.0 Å². The third-order valence-corrected chi connectivity index (χ3v) is 3.52. The summed E-state index contributed by atoms with van der Waals surface area (Å²) in [6.45, 7) is 2.01. The number of pyridine rings is 1. The SMILES string of the molecule is CN(c1nccc(C#N)c1Cl)C1CCCNC1. The van der Waals surface area contributed by atoms with Gasteiger partial charge in [0.05, 0.1) is 5.56 Å². The number of hydrogen-bond donors (Lipinski definition) is 1. The maximum Gasteiger partial charge on any atom is 0.148 e. The molecule has 0 aliphatic carbocycles. The number of piperidine rings is 1. The van der Waals surface area contributed by atoms with E-state index in [0.29, 0.717) is 22.4 Å². The maximum atomic E-state index is 8.94. The van der Waals surface area contributed by atoms with Gasteiger partial charge < -0.3 is 10.2 Å². The molecule has 2 heterocycles. The zero-order valence-corrected chi connectivity index (χ0v) is 10.5. The molecule has 0 saturated carbocycles. The summed E-state index contributed by atoms with van der Waals surface area (Å²) in [7, 11) is 1.98. The second kappa shape index (κ2) is 5.35. The number of nitrogens with zero attached hydrogens (tertiary/aromatic N) is 3. The van der Waals surface area contributed by atoms with Crippen LogP contribution in [0.4, 0.5) is 5.82 Å². The lowest BCUT2D eigenvalue weighted by atomic mass is 10.1. The Morgan fingerprint density at radius 2 is 2.47 bits per heavy atom. The van der Waals surface area contributed by atoms with Crippen molar-refractivity contribution in [2.24, 2.45) is 0 Å². The van der Waals surface area contributed by atoms with Crippen molar-refractivity contribution in [3.8, 4) is 6.07 Å². The predicted octanol–water partition coefficient (Wildman–Crippen LogP) is 1.79. The number of hydrogen-bond acceptors (Lipinski definition) is 4. The van der Waals surface area contributed by atoms with Gasteiger partial charge in [0, 0.05) is 25.8 Å². The smallest absolute Gasteiger partial charge is 0.148 e. The van der Waals surface area contributed by atoms with Crippen LogP contribution >= 0.6 is 11.6 Å². The van der Waals surface area contributed by atoms with Crippen molar-refractivity contribution in [1.82, 2.24) is 10.3 Å². The Bertz CT molecular complexity index is 435. The number of aromatic nitrogens is 1. The van der Waals surface area contributed by atoms with E-state index in [4.69, 9.17) is 16.9 Å². The minimum Gasteiger partial charge on any atom is -0.354 e. The number of anilines is 1. The van der Waals surface area contributed by atoms with Crippen molar-refractivity contribution in [1.29, 1.82) is 5.26 Å². The molecule has 0 aromatic carbocycles. The van der Waals surface area contributed by atoms with Crippen LogP contribution in [0.1, 0.15) is 18.4 Å². The van der Waals surface area contributed by atoms with E-state index in [1.54, 1.807) is 12.3 Å². The van der Waals surface area contributed by atoms with Gasteiger partial charge in [-0.25, -0.2) is 4.98 Å². The van der Waals surface area contributed by atoms with E-state index in [-0.39, 0.29) is 0 Å². The molecule has 1 aromatic heterocycles. The Balaban J connectivity index is 2.24. The van der Waals surface area contributed by atoms with E-state index in [1.165, 1.54) is 0 Å². The highest BCUT2D eigenvalue weighted by atomic mass is 35.5. The Kier molecular flexibility index (Phi) is 3.82. The standard InChI is InChI=1S/C12H15ClN4/c1-17(10-3-2-5-15-8-10)12-11(13)9(7-14)4-6-16-12/h4,6,10,15H,2-3,5,8H2,1H3. The summed E-state index contributed by atoms with van der Waals surface area (Å²) in [5, 5.41) is 12.7. The highest BCUT2D eigenvalue weighted by Crippen LogP contribution is 2.27. The fourth-order valence-electron chi connectivity index (χ4n) is 2.10. The zero-order chi connectivity index (χ0) is 12.3. The van der Waals surface area contributed by atoms with Gasteiger partial charge in [-0.3, -0.25) is 0 Å². The first-order valence-corrected chi connectivity index (χ1v) is 6.10. The molecule has 5 heteroatoms. The van der Waals surface area contributed by atoms with E-state index >= 15 is 0 Å². The molecule has 1 unspecified atom stereocenters. The van der Waals surface area contributed by atoms with Crippen molar-refractivity contribution in [3.63, 3.8) is 0 Å². The molecule has 1 N–H and O–H groups in total. The molecule has 1 aromatic rings. The van der Waals surface area contributed by atoms with Crippen molar-refractivity contribution < 1.29 is 0 Å². The largest absolute Gasteiger partial charge is 0.354 e. The quantitative estimate of drug-likeness (QED) is 0.870. The van der Waals surface area contributed by atoms with Gasteiger partial charge in [-0.2, -0.15) is 5.26 Å². The molecule has 1 atom stereocenters. The van der Waals surface area contributed by atoms with E-state index < -0.39 is 0 Å². The normalized spacial score (nSPS) is 19.7. The molecule has 0 amide bonds. The van der Waals surface area contributed by atoms with Gasteiger partial charge >= 0.3 is 0 Å². The number of nitrogens with one attached hydrogen (secondary N) is 1. The first kappa shape index (κ1) is 12.2. The lowest BCUT2D eigenvalue weighted by Gasteiger charge is -2.33. The molecule has 17 heavy (non-hydrogen) atoms. The van der Waals surface area contributed by atoms with E-state index in [2.05, 4.69) is 21.3 Å². The van der Waals surface area contributed by atoms with Crippen LogP contribution in [0.3, 0.4) is 0 Å². The summed E-state index contributed by atoms with van der Waals surface area (Å²) < 4.78 is 0. The fraction of sp³-hybridized carbons (Fsp3) is 0.500. The average Bonchev–Trinajstić information content (AvgIpc) is 2.39. The number of halogens is 1. The first-order chi connectivity index (χ1) is 8.24. The van der Waals surface area contributed by atoms with Crippen LogP contribution in [-0.4, -0.2) is 31.2 Å². The summed E-state index contributed by atoms with van der Waals surface area (Å²) in [5.41, 5.74) is 0.479. The van der Waals surface area contributed by atoms with E-state index in [1.807, 2.05) is 7.05 Å². The van der Waals surface area contributed by atoms with Crippen molar-refractivity contribution >= 4 is 17.4 Å². The van der Waals surface area contributed by atoms with Crippen LogP contribution in [0.25, 0.3) is 0 Å². The maximum absolute atomic E-state index is 8.94. The molecule has 0 radical (unpaired) electrons. The molecule has 0 spiro atoms. The summed E-state index contributed by atoms with van der Waals surface area (Å²) in [6.07, 6.45) is 3.91. The Morgan fingerprint density at radius 1 is 1.65 bits per heavy atom. The molecule has 2 rings (SSSR count). The second-order valence-electron chi connectivity index (χ2n) is 4.22. The monoisotopic (exact) mass is 250 g/mol. The van der Waals surface area contributed by atoms with E-state index in [9.17, 15) is 0 Å². The van der Waals surface area contributed by atoms with Gasteiger partial charge in [0.1, 0.15) is 16.9 Å². The Morgan fingerprint density at radius 3 is 3.12 bits per heavy atom. The molecule has 1 aliphatic rings. The molecule has 0 bridgehead atoms. The fourth-order valence-corrected chi connectivity index (χ4v) is 2.39. The molecular weight excluding hydrogens is 236 g/mol. The first-order valence-electron chi connectivity index (χ1n) is 5.72. The van der Waals surface area contributed by atoms with Crippen molar-refractivity contribution in [3.05, 3.63) is 22.8 Å². The van der Waals surface area contributed by atoms with Crippen LogP contribution in [0.15, 0.2) is 12.3 Å². The molecule has 90 valence electrons. The zero-order valence-electron chi connectivity index (χ0n) is 9.78. The number of nitriles is 1. The molecule has 1 fully saturated rings. The van der Waals surface area contributed by atoms with Crippen molar-refractivity contribution in [2.75, 3.05) is 25.0 Å². The van der Waals surface area contributed by atoms with E-state index in [0.717, 1.165) is 25.9 Å². The van der Waals surface area contributed by atoms with Crippen LogP contribution in [0.2, 0.25) is 5.02 Å². The van der Waals surface area contributed by atoms with Gasteiger partial charge in [0.2, 0.25) is 0 Å². The molecule has 4 nitrogen and oxygen atoms in total. The summed E-state index contributed by atoms with van der Waals surface area (Å²) in [6, 6.07) is 4.11. The highest BCUT2D eigenvalue weighted by molar-refractivity contribution is 6.34. The third-order valence-electron chi connectivity index (χ3n) is 3.14. The Labute approximate surface area is 106 Å². The molecule has 1 aliphatic heterocycles. The van der Waals surface area contributed by atoms with Crippen LogP contribution in [0, 0.1) is 11.3 Å². The summed E-state index contributed by atoms with van der Waals surface area (Å²) in [4.78, 5) is 6.34. The summed E-state index contributed by atoms with van der Waals surface area (Å²) in [5.74, 6) is 0.694. The van der Waals surface area contributed by atoms with Gasteiger partial charge in [-0.05, 0) is 25.5 Å². The minimum atomic E-state index is 0.391. The number of rotatable bonds is 2. The highest BCUT2D eigenvalue weighted by Gasteiger charge is 2.21. The van der Waals surface area contributed by atoms with Gasteiger partial charge in [-0.1, -0.05) is 11.6 Å².